The van der Waals surface area contributed by atoms with E-state index in [4.69, 9.17) is 4.74 Å². The average Bonchev–Trinajstić information content (AvgIpc) is 2.62. The van der Waals surface area contributed by atoms with Crippen LogP contribution < -0.4 is 10.6 Å². The number of carbonyl (C=O) groups excluding carboxylic acids is 2. The molecule has 1 aliphatic rings. The van der Waals surface area contributed by atoms with Crippen molar-refractivity contribution in [3.63, 3.8) is 0 Å². The van der Waals surface area contributed by atoms with Gasteiger partial charge in [-0.05, 0) is 37.7 Å². The van der Waals surface area contributed by atoms with Gasteiger partial charge in [0.1, 0.15) is 6.61 Å². The molecule has 1 aromatic rings. The number of amides is 2. The number of rotatable bonds is 8. The summed E-state index contributed by atoms with van der Waals surface area (Å²) in [5, 5.41) is 5.73. The first-order valence-corrected chi connectivity index (χ1v) is 8.46. The predicted molar refractivity (Wildman–Crippen MR) is 90.3 cm³/mol. The van der Waals surface area contributed by atoms with Crippen LogP contribution in [0.25, 0.3) is 0 Å². The maximum Gasteiger partial charge on any atom is 0.251 e. The zero-order valence-electron chi connectivity index (χ0n) is 14.3. The Kier molecular flexibility index (Phi) is 7.14. The SMILES string of the molecule is CCN(CC)CCCNC(=O)C1OCC(=O)NC1c1cccnc1. The zero-order chi connectivity index (χ0) is 17.4. The Morgan fingerprint density at radius 3 is 2.92 bits per heavy atom. The summed E-state index contributed by atoms with van der Waals surface area (Å²) < 4.78 is 5.48. The van der Waals surface area contributed by atoms with Gasteiger partial charge in [-0.25, -0.2) is 0 Å². The highest BCUT2D eigenvalue weighted by Gasteiger charge is 2.35. The summed E-state index contributed by atoms with van der Waals surface area (Å²) in [6, 6.07) is 3.09. The maximum absolute atomic E-state index is 12.5. The van der Waals surface area contributed by atoms with E-state index >= 15 is 0 Å². The number of carbonyl (C=O) groups is 2. The summed E-state index contributed by atoms with van der Waals surface area (Å²) in [7, 11) is 0. The zero-order valence-corrected chi connectivity index (χ0v) is 14.3. The number of hydrogen-bond donors (Lipinski definition) is 2. The van der Waals surface area contributed by atoms with Crippen LogP contribution in [0.5, 0.6) is 0 Å². The number of nitrogens with zero attached hydrogens (tertiary/aromatic N) is 2. The number of nitrogens with one attached hydrogen (secondary N) is 2. The normalized spacial score (nSPS) is 20.7. The molecule has 0 aliphatic carbocycles. The molecule has 0 saturated carbocycles. The largest absolute Gasteiger partial charge is 0.356 e. The summed E-state index contributed by atoms with van der Waals surface area (Å²) in [6.45, 7) is 7.69. The van der Waals surface area contributed by atoms with Crippen LogP contribution in [0.15, 0.2) is 24.5 Å². The van der Waals surface area contributed by atoms with Gasteiger partial charge in [0.2, 0.25) is 5.91 Å². The quantitative estimate of drug-likeness (QED) is 0.676. The molecule has 1 aromatic heterocycles. The number of pyridine rings is 1. The number of morpholine rings is 1. The molecule has 0 radical (unpaired) electrons. The van der Waals surface area contributed by atoms with Crippen molar-refractivity contribution in [2.24, 2.45) is 0 Å². The third kappa shape index (κ3) is 5.01. The van der Waals surface area contributed by atoms with Crippen molar-refractivity contribution in [1.29, 1.82) is 0 Å². The van der Waals surface area contributed by atoms with Gasteiger partial charge >= 0.3 is 0 Å². The van der Waals surface area contributed by atoms with Crippen LogP contribution in [-0.4, -0.2) is 60.6 Å². The second-order valence-corrected chi connectivity index (χ2v) is 5.73. The monoisotopic (exact) mass is 334 g/mol. The summed E-state index contributed by atoms with van der Waals surface area (Å²) in [5.41, 5.74) is 0.758. The van der Waals surface area contributed by atoms with E-state index in [0.29, 0.717) is 6.54 Å². The van der Waals surface area contributed by atoms with Crippen molar-refractivity contribution in [2.45, 2.75) is 32.4 Å². The topological polar surface area (TPSA) is 83.6 Å². The molecule has 2 heterocycles. The number of hydrogen-bond acceptors (Lipinski definition) is 5. The van der Waals surface area contributed by atoms with Crippen molar-refractivity contribution in [3.05, 3.63) is 30.1 Å². The Hall–Kier alpha value is -1.99. The van der Waals surface area contributed by atoms with Gasteiger partial charge in [0.05, 0.1) is 6.04 Å². The molecule has 0 aromatic carbocycles. The minimum atomic E-state index is -0.736. The summed E-state index contributed by atoms with van der Waals surface area (Å²) >= 11 is 0. The molecule has 2 unspecified atom stereocenters. The molecule has 2 amide bonds. The molecule has 2 rings (SSSR count). The molecule has 1 saturated heterocycles. The first-order chi connectivity index (χ1) is 11.7. The standard InChI is InChI=1S/C17H26N4O3/c1-3-21(4-2)10-6-9-19-17(23)16-15(20-14(22)12-24-16)13-7-5-8-18-11-13/h5,7-8,11,15-16H,3-4,6,9-10,12H2,1-2H3,(H,19,23)(H,20,22). The molecule has 1 aliphatic heterocycles. The molecule has 7 nitrogen and oxygen atoms in total. The molecule has 1 fully saturated rings. The first-order valence-electron chi connectivity index (χ1n) is 8.46. The fraction of sp³-hybridized carbons (Fsp3) is 0.588. The minimum Gasteiger partial charge on any atom is -0.356 e. The molecular weight excluding hydrogens is 308 g/mol. The van der Waals surface area contributed by atoms with E-state index in [0.717, 1.165) is 31.6 Å². The van der Waals surface area contributed by atoms with Crippen molar-refractivity contribution in [3.8, 4) is 0 Å². The van der Waals surface area contributed by atoms with Crippen LogP contribution in [0.3, 0.4) is 0 Å². The van der Waals surface area contributed by atoms with Gasteiger partial charge in [0, 0.05) is 18.9 Å². The molecule has 7 heteroatoms. The van der Waals surface area contributed by atoms with Crippen molar-refractivity contribution >= 4 is 11.8 Å². The second-order valence-electron chi connectivity index (χ2n) is 5.73. The lowest BCUT2D eigenvalue weighted by atomic mass is 10.0. The van der Waals surface area contributed by atoms with Gasteiger partial charge in [-0.15, -0.1) is 0 Å². The van der Waals surface area contributed by atoms with Gasteiger partial charge in [-0.1, -0.05) is 19.9 Å². The van der Waals surface area contributed by atoms with E-state index in [1.54, 1.807) is 18.5 Å². The van der Waals surface area contributed by atoms with Gasteiger partial charge in [-0.2, -0.15) is 0 Å². The number of ether oxygens (including phenoxy) is 1. The third-order valence-electron chi connectivity index (χ3n) is 4.16. The highest BCUT2D eigenvalue weighted by molar-refractivity contribution is 5.86. The molecular formula is C17H26N4O3. The molecule has 24 heavy (non-hydrogen) atoms. The van der Waals surface area contributed by atoms with E-state index < -0.39 is 12.1 Å². The van der Waals surface area contributed by atoms with Crippen LogP contribution >= 0.6 is 0 Å². The Balaban J connectivity index is 1.90. The summed E-state index contributed by atoms with van der Waals surface area (Å²) in [4.78, 5) is 30.4. The van der Waals surface area contributed by atoms with Gasteiger partial charge in [0.25, 0.3) is 5.91 Å². The molecule has 2 N–H and O–H groups in total. The Labute approximate surface area is 142 Å². The Morgan fingerprint density at radius 2 is 2.25 bits per heavy atom. The lowest BCUT2D eigenvalue weighted by Gasteiger charge is -2.31. The fourth-order valence-electron chi connectivity index (χ4n) is 2.75. The first kappa shape index (κ1) is 18.4. The molecule has 132 valence electrons. The fourth-order valence-corrected chi connectivity index (χ4v) is 2.75. The highest BCUT2D eigenvalue weighted by Crippen LogP contribution is 2.21. The van der Waals surface area contributed by atoms with Crippen LogP contribution in [0, 0.1) is 0 Å². The van der Waals surface area contributed by atoms with E-state index in [1.807, 2.05) is 6.07 Å². The van der Waals surface area contributed by atoms with Crippen LogP contribution in [0.2, 0.25) is 0 Å². The third-order valence-corrected chi connectivity index (χ3v) is 4.16. The average molecular weight is 334 g/mol. The van der Waals surface area contributed by atoms with E-state index in [2.05, 4.69) is 34.4 Å². The lowest BCUT2D eigenvalue weighted by Crippen LogP contribution is -2.52. The van der Waals surface area contributed by atoms with Gasteiger partial charge in [-0.3, -0.25) is 14.6 Å². The van der Waals surface area contributed by atoms with Crippen LogP contribution in [0.1, 0.15) is 31.9 Å². The number of aromatic nitrogens is 1. The smallest absolute Gasteiger partial charge is 0.251 e. The van der Waals surface area contributed by atoms with Gasteiger partial charge < -0.3 is 20.3 Å². The molecule has 2 atom stereocenters. The van der Waals surface area contributed by atoms with Crippen molar-refractivity contribution in [1.82, 2.24) is 20.5 Å². The summed E-state index contributed by atoms with van der Waals surface area (Å²) in [6.07, 6.45) is 3.43. The maximum atomic E-state index is 12.5. The van der Waals surface area contributed by atoms with Gasteiger partial charge in [0.15, 0.2) is 6.10 Å². The highest BCUT2D eigenvalue weighted by atomic mass is 16.5. The van der Waals surface area contributed by atoms with Crippen LogP contribution in [-0.2, 0) is 14.3 Å². The second kappa shape index (κ2) is 9.34. The Morgan fingerprint density at radius 1 is 1.46 bits per heavy atom. The minimum absolute atomic E-state index is 0.103. The van der Waals surface area contributed by atoms with E-state index in [1.165, 1.54) is 0 Å². The van der Waals surface area contributed by atoms with Crippen molar-refractivity contribution < 1.29 is 14.3 Å². The summed E-state index contributed by atoms with van der Waals surface area (Å²) in [5.74, 6) is -0.433. The molecule has 0 spiro atoms. The Bertz CT molecular complexity index is 534. The predicted octanol–water partition coefficient (Wildman–Crippen LogP) is 0.486. The van der Waals surface area contributed by atoms with E-state index in [-0.39, 0.29) is 18.4 Å². The van der Waals surface area contributed by atoms with Crippen molar-refractivity contribution in [2.75, 3.05) is 32.8 Å². The van der Waals surface area contributed by atoms with E-state index in [9.17, 15) is 9.59 Å². The molecule has 0 bridgehead atoms. The lowest BCUT2D eigenvalue weighted by molar-refractivity contribution is -0.148. The van der Waals surface area contributed by atoms with Crippen LogP contribution in [0.4, 0.5) is 0 Å².